The van der Waals surface area contributed by atoms with Gasteiger partial charge in [0, 0.05) is 18.9 Å². The second-order valence-corrected chi connectivity index (χ2v) is 8.04. The lowest BCUT2D eigenvalue weighted by Crippen LogP contribution is -3.22. The molecule has 2 heterocycles. The molecular formula is C21H36N2O4+2. The number of piperidine rings is 1. The van der Waals surface area contributed by atoms with Crippen LogP contribution in [0.4, 0.5) is 0 Å². The predicted octanol–water partition coefficient (Wildman–Crippen LogP) is -0.0482. The second-order valence-electron chi connectivity index (χ2n) is 8.04. The minimum absolute atomic E-state index is 0.380. The zero-order chi connectivity index (χ0) is 19.4. The quantitative estimate of drug-likeness (QED) is 0.727. The molecule has 2 fully saturated rings. The van der Waals surface area contributed by atoms with Crippen molar-refractivity contribution in [2.24, 2.45) is 0 Å². The van der Waals surface area contributed by atoms with Crippen LogP contribution >= 0.6 is 0 Å². The molecule has 6 heteroatoms. The van der Waals surface area contributed by atoms with E-state index in [9.17, 15) is 0 Å². The second kappa shape index (κ2) is 9.13. The molecule has 2 N–H and O–H groups in total. The first-order chi connectivity index (χ1) is 13.0. The molecule has 6 nitrogen and oxygen atoms in total. The Morgan fingerprint density at radius 3 is 2.00 bits per heavy atom. The van der Waals surface area contributed by atoms with Crippen molar-refractivity contribution in [2.45, 2.75) is 51.5 Å². The molecule has 1 aromatic carbocycles. The highest BCUT2D eigenvalue weighted by Crippen LogP contribution is 2.34. The van der Waals surface area contributed by atoms with Crippen LogP contribution in [0.25, 0.3) is 0 Å². The van der Waals surface area contributed by atoms with Gasteiger partial charge in [-0.1, -0.05) is 0 Å². The first-order valence-electron chi connectivity index (χ1n) is 10.2. The lowest BCUT2D eigenvalue weighted by molar-refractivity contribution is -0.970. The van der Waals surface area contributed by atoms with Crippen molar-refractivity contribution in [2.75, 3.05) is 47.5 Å². The molecule has 0 amide bonds. The number of benzene rings is 1. The summed E-state index contributed by atoms with van der Waals surface area (Å²) in [5.74, 6) is 2.36. The van der Waals surface area contributed by atoms with Gasteiger partial charge in [0.1, 0.15) is 37.6 Å². The highest BCUT2D eigenvalue weighted by atomic mass is 16.5. The fraction of sp³-hybridized carbons (Fsp3) is 0.714. The van der Waals surface area contributed by atoms with Gasteiger partial charge in [0.15, 0.2) is 11.5 Å². The summed E-state index contributed by atoms with van der Waals surface area (Å²) in [6.45, 7) is 10.1. The van der Waals surface area contributed by atoms with Gasteiger partial charge in [0.25, 0.3) is 0 Å². The summed E-state index contributed by atoms with van der Waals surface area (Å²) in [6, 6.07) is 4.77. The number of quaternary nitrogens is 2. The van der Waals surface area contributed by atoms with Crippen LogP contribution in [-0.2, 0) is 11.3 Å². The summed E-state index contributed by atoms with van der Waals surface area (Å²) >= 11 is 0. The Kier molecular flexibility index (Phi) is 6.84. The van der Waals surface area contributed by atoms with Crippen LogP contribution < -0.4 is 24.0 Å². The van der Waals surface area contributed by atoms with Crippen molar-refractivity contribution in [1.82, 2.24) is 0 Å². The molecule has 27 heavy (non-hydrogen) atoms. The van der Waals surface area contributed by atoms with Crippen LogP contribution in [0.15, 0.2) is 12.1 Å². The molecule has 0 saturated carbocycles. The number of methoxy groups -OCH3 is 3. The van der Waals surface area contributed by atoms with Gasteiger partial charge in [0.2, 0.25) is 0 Å². The van der Waals surface area contributed by atoms with Gasteiger partial charge in [-0.3, -0.25) is 0 Å². The van der Waals surface area contributed by atoms with Gasteiger partial charge in [-0.15, -0.1) is 0 Å². The van der Waals surface area contributed by atoms with Crippen LogP contribution in [0.2, 0.25) is 0 Å². The molecule has 0 aromatic heterocycles. The fourth-order valence-electron chi connectivity index (χ4n) is 4.76. The molecule has 2 aliphatic rings. The average Bonchev–Trinajstić information content (AvgIpc) is 2.67. The highest BCUT2D eigenvalue weighted by molar-refractivity contribution is 5.50. The topological polar surface area (TPSA) is 45.8 Å². The first kappa shape index (κ1) is 20.2. The third-order valence-corrected chi connectivity index (χ3v) is 6.06. The minimum atomic E-state index is 0.380. The maximum Gasteiger partial charge on any atom is 0.164 e. The van der Waals surface area contributed by atoms with Gasteiger partial charge in [-0.2, -0.15) is 0 Å². The molecule has 0 unspecified atom stereocenters. The summed E-state index contributed by atoms with van der Waals surface area (Å²) in [5, 5.41) is 0. The molecule has 0 bridgehead atoms. The Hall–Kier alpha value is -1.50. The van der Waals surface area contributed by atoms with Gasteiger partial charge in [-0.05, 0) is 19.9 Å². The molecule has 2 aliphatic heterocycles. The number of rotatable bonds is 6. The van der Waals surface area contributed by atoms with Crippen LogP contribution in [0.5, 0.6) is 17.2 Å². The Balaban J connectivity index is 1.60. The lowest BCUT2D eigenvalue weighted by Gasteiger charge is -2.39. The smallest absolute Gasteiger partial charge is 0.164 e. The average molecular weight is 381 g/mol. The van der Waals surface area contributed by atoms with E-state index in [1.165, 1.54) is 31.5 Å². The van der Waals surface area contributed by atoms with Crippen molar-refractivity contribution < 1.29 is 28.7 Å². The number of likely N-dealkylation sites (tertiary alicyclic amines) is 1. The van der Waals surface area contributed by atoms with E-state index in [0.29, 0.717) is 18.0 Å². The zero-order valence-corrected chi connectivity index (χ0v) is 17.5. The number of morpholine rings is 1. The molecular weight excluding hydrogens is 344 g/mol. The molecule has 3 rings (SSSR count). The SMILES string of the molecule is COc1cc(OC)c(OC)cc1C[NH+]1CCC([NH+]2C[C@@H](C)O[C@H](C)C2)CC1. The third-order valence-electron chi connectivity index (χ3n) is 6.06. The Morgan fingerprint density at radius 2 is 1.44 bits per heavy atom. The van der Waals surface area contributed by atoms with E-state index in [2.05, 4.69) is 19.9 Å². The monoisotopic (exact) mass is 380 g/mol. The summed E-state index contributed by atoms with van der Waals surface area (Å²) in [5.41, 5.74) is 1.18. The van der Waals surface area contributed by atoms with E-state index in [1.807, 2.05) is 6.07 Å². The Bertz CT molecular complexity index is 606. The van der Waals surface area contributed by atoms with E-state index in [0.717, 1.165) is 37.2 Å². The fourth-order valence-corrected chi connectivity index (χ4v) is 4.76. The van der Waals surface area contributed by atoms with Crippen LogP contribution in [0, 0.1) is 0 Å². The number of nitrogens with one attached hydrogen (secondary N) is 2. The summed E-state index contributed by atoms with van der Waals surface area (Å²) in [6.07, 6.45) is 3.31. The molecule has 0 aliphatic carbocycles. The Labute approximate surface area is 163 Å². The molecule has 0 spiro atoms. The summed E-state index contributed by atoms with van der Waals surface area (Å²) in [7, 11) is 5.05. The van der Waals surface area contributed by atoms with E-state index in [4.69, 9.17) is 18.9 Å². The predicted molar refractivity (Wildman–Crippen MR) is 104 cm³/mol. The molecule has 2 atom stereocenters. The van der Waals surface area contributed by atoms with Crippen molar-refractivity contribution in [3.05, 3.63) is 17.7 Å². The van der Waals surface area contributed by atoms with Gasteiger partial charge in [0.05, 0.1) is 46.0 Å². The van der Waals surface area contributed by atoms with E-state index < -0.39 is 0 Å². The summed E-state index contributed by atoms with van der Waals surface area (Å²) < 4.78 is 22.4. The Morgan fingerprint density at radius 1 is 0.889 bits per heavy atom. The van der Waals surface area contributed by atoms with Crippen molar-refractivity contribution >= 4 is 0 Å². The standard InChI is InChI=1S/C21H34N2O4/c1-15-12-23(13-16(2)27-15)18-6-8-22(9-7-18)14-17-10-20(25-4)21(26-5)11-19(17)24-3/h10-11,15-16,18H,6-9,12-14H2,1-5H3/p+2/t15-,16-/m1/s1. The molecule has 152 valence electrons. The van der Waals surface area contributed by atoms with Crippen LogP contribution in [0.1, 0.15) is 32.3 Å². The molecule has 2 saturated heterocycles. The maximum absolute atomic E-state index is 5.91. The summed E-state index contributed by atoms with van der Waals surface area (Å²) in [4.78, 5) is 3.36. The zero-order valence-electron chi connectivity index (χ0n) is 17.5. The molecule has 0 radical (unpaired) electrons. The number of ether oxygens (including phenoxy) is 4. The van der Waals surface area contributed by atoms with Crippen molar-refractivity contribution in [3.63, 3.8) is 0 Å². The first-order valence-corrected chi connectivity index (χ1v) is 10.2. The number of hydrogen-bond acceptors (Lipinski definition) is 4. The van der Waals surface area contributed by atoms with Crippen LogP contribution in [0.3, 0.4) is 0 Å². The van der Waals surface area contributed by atoms with Gasteiger partial charge in [-0.25, -0.2) is 0 Å². The minimum Gasteiger partial charge on any atom is -0.496 e. The number of hydrogen-bond donors (Lipinski definition) is 2. The van der Waals surface area contributed by atoms with Crippen molar-refractivity contribution in [1.29, 1.82) is 0 Å². The van der Waals surface area contributed by atoms with Crippen molar-refractivity contribution in [3.8, 4) is 17.2 Å². The largest absolute Gasteiger partial charge is 0.496 e. The molecule has 1 aromatic rings. The van der Waals surface area contributed by atoms with Crippen LogP contribution in [-0.4, -0.2) is 65.8 Å². The third kappa shape index (κ3) is 4.86. The highest BCUT2D eigenvalue weighted by Gasteiger charge is 2.35. The van der Waals surface area contributed by atoms with E-state index in [-0.39, 0.29) is 0 Å². The van der Waals surface area contributed by atoms with E-state index >= 15 is 0 Å². The van der Waals surface area contributed by atoms with E-state index in [1.54, 1.807) is 31.1 Å². The van der Waals surface area contributed by atoms with Gasteiger partial charge >= 0.3 is 0 Å². The lowest BCUT2D eigenvalue weighted by atomic mass is 10.0. The normalized spacial score (nSPS) is 31.4. The van der Waals surface area contributed by atoms with Gasteiger partial charge < -0.3 is 28.7 Å². The maximum atomic E-state index is 5.91.